The van der Waals surface area contributed by atoms with Crippen LogP contribution in [0.5, 0.6) is 0 Å². The Morgan fingerprint density at radius 3 is 2.53 bits per heavy atom. The third kappa shape index (κ3) is 3.27. The fourth-order valence-corrected chi connectivity index (χ4v) is 2.96. The molecule has 0 aliphatic carbocycles. The lowest BCUT2D eigenvalue weighted by Crippen LogP contribution is -2.34. The first-order valence-electron chi connectivity index (χ1n) is 6.11. The molecule has 0 atom stereocenters. The van der Waals surface area contributed by atoms with Gasteiger partial charge in [-0.25, -0.2) is 0 Å². The molecule has 1 saturated heterocycles. The fourth-order valence-electron chi connectivity index (χ4n) is 2.44. The number of anilines is 1. The summed E-state index contributed by atoms with van der Waals surface area (Å²) in [5, 5.41) is 1.44. The monoisotopic (exact) mass is 272 g/mol. The van der Waals surface area contributed by atoms with Crippen molar-refractivity contribution in [3.63, 3.8) is 0 Å². The second kappa shape index (κ2) is 5.94. The molecular weight excluding hydrogens is 255 g/mol. The highest BCUT2D eigenvalue weighted by atomic mass is 35.5. The molecule has 1 aliphatic rings. The molecule has 4 heteroatoms. The summed E-state index contributed by atoms with van der Waals surface area (Å²) in [5.41, 5.74) is 6.70. The SMILES string of the molecule is NCCC1CCN(c2ccc(Cl)cc2Cl)CC1. The standard InChI is InChI=1S/C13H18Cl2N2/c14-11-1-2-13(12(15)9-11)17-7-4-10(3-6-16)5-8-17/h1-2,9-10H,3-8,16H2. The van der Waals surface area contributed by atoms with Crippen molar-refractivity contribution >= 4 is 28.9 Å². The molecule has 1 heterocycles. The van der Waals surface area contributed by atoms with Crippen LogP contribution in [0.4, 0.5) is 5.69 Å². The van der Waals surface area contributed by atoms with Crippen molar-refractivity contribution in [2.75, 3.05) is 24.5 Å². The average Bonchev–Trinajstić information content (AvgIpc) is 2.31. The molecule has 0 spiro atoms. The maximum atomic E-state index is 6.21. The van der Waals surface area contributed by atoms with Gasteiger partial charge in [0.05, 0.1) is 10.7 Å². The third-order valence-electron chi connectivity index (χ3n) is 3.44. The summed E-state index contributed by atoms with van der Waals surface area (Å²) in [6, 6.07) is 5.72. The maximum Gasteiger partial charge on any atom is 0.0654 e. The van der Waals surface area contributed by atoms with Crippen LogP contribution in [0.15, 0.2) is 18.2 Å². The van der Waals surface area contributed by atoms with Gasteiger partial charge in [-0.3, -0.25) is 0 Å². The van der Waals surface area contributed by atoms with E-state index in [9.17, 15) is 0 Å². The second-order valence-corrected chi connectivity index (χ2v) is 5.45. The zero-order valence-electron chi connectivity index (χ0n) is 9.83. The predicted octanol–water partition coefficient (Wildman–Crippen LogP) is 3.56. The van der Waals surface area contributed by atoms with Crippen molar-refractivity contribution in [2.45, 2.75) is 19.3 Å². The molecule has 94 valence electrons. The Balaban J connectivity index is 2.00. The van der Waals surface area contributed by atoms with Crippen LogP contribution in [0.25, 0.3) is 0 Å². The first kappa shape index (κ1) is 13.0. The largest absolute Gasteiger partial charge is 0.370 e. The van der Waals surface area contributed by atoms with Crippen LogP contribution in [-0.4, -0.2) is 19.6 Å². The highest BCUT2D eigenvalue weighted by Crippen LogP contribution is 2.32. The van der Waals surface area contributed by atoms with E-state index >= 15 is 0 Å². The van der Waals surface area contributed by atoms with Crippen LogP contribution < -0.4 is 10.6 Å². The summed E-state index contributed by atoms with van der Waals surface area (Å²) in [6.45, 7) is 2.92. The molecule has 2 rings (SSSR count). The Labute approximate surface area is 113 Å². The lowest BCUT2D eigenvalue weighted by atomic mass is 9.93. The molecular formula is C13H18Cl2N2. The van der Waals surface area contributed by atoms with Crippen molar-refractivity contribution in [3.05, 3.63) is 28.2 Å². The van der Waals surface area contributed by atoms with Gasteiger partial charge >= 0.3 is 0 Å². The van der Waals surface area contributed by atoms with E-state index in [1.165, 1.54) is 12.8 Å². The lowest BCUT2D eigenvalue weighted by Gasteiger charge is -2.34. The highest BCUT2D eigenvalue weighted by molar-refractivity contribution is 6.36. The first-order valence-corrected chi connectivity index (χ1v) is 6.86. The van der Waals surface area contributed by atoms with Gasteiger partial charge in [0.25, 0.3) is 0 Å². The Bertz CT molecular complexity index is 374. The van der Waals surface area contributed by atoms with E-state index in [-0.39, 0.29) is 0 Å². The van der Waals surface area contributed by atoms with Gasteiger partial charge in [-0.2, -0.15) is 0 Å². The van der Waals surface area contributed by atoms with Gasteiger partial charge < -0.3 is 10.6 Å². The molecule has 2 nitrogen and oxygen atoms in total. The minimum atomic E-state index is 0.691. The summed E-state index contributed by atoms with van der Waals surface area (Å²) in [7, 11) is 0. The van der Waals surface area contributed by atoms with Crippen LogP contribution in [0, 0.1) is 5.92 Å². The van der Waals surface area contributed by atoms with Gasteiger partial charge in [-0.15, -0.1) is 0 Å². The topological polar surface area (TPSA) is 29.3 Å². The summed E-state index contributed by atoms with van der Waals surface area (Å²) in [4.78, 5) is 2.34. The molecule has 1 aliphatic heterocycles. The van der Waals surface area contributed by atoms with Crippen molar-refractivity contribution in [2.24, 2.45) is 11.7 Å². The quantitative estimate of drug-likeness (QED) is 0.912. The summed E-state index contributed by atoms with van der Waals surface area (Å²) in [5.74, 6) is 0.780. The van der Waals surface area contributed by atoms with E-state index in [1.807, 2.05) is 18.2 Å². The number of piperidine rings is 1. The van der Waals surface area contributed by atoms with E-state index in [0.717, 1.165) is 42.7 Å². The first-order chi connectivity index (χ1) is 8.20. The van der Waals surface area contributed by atoms with Crippen molar-refractivity contribution in [1.29, 1.82) is 0 Å². The zero-order chi connectivity index (χ0) is 12.3. The lowest BCUT2D eigenvalue weighted by molar-refractivity contribution is 0.386. The predicted molar refractivity (Wildman–Crippen MR) is 75.1 cm³/mol. The van der Waals surface area contributed by atoms with Crippen molar-refractivity contribution in [3.8, 4) is 0 Å². The van der Waals surface area contributed by atoms with Crippen LogP contribution in [0.3, 0.4) is 0 Å². The molecule has 2 N–H and O–H groups in total. The Hall–Kier alpha value is -0.440. The number of halogens is 2. The normalized spacial score (nSPS) is 17.5. The fraction of sp³-hybridized carbons (Fsp3) is 0.538. The number of nitrogens with two attached hydrogens (primary N) is 1. The van der Waals surface area contributed by atoms with E-state index < -0.39 is 0 Å². The molecule has 0 unspecified atom stereocenters. The molecule has 0 radical (unpaired) electrons. The summed E-state index contributed by atoms with van der Waals surface area (Å²) in [6.07, 6.45) is 3.55. The summed E-state index contributed by atoms with van der Waals surface area (Å²) < 4.78 is 0. The van der Waals surface area contributed by atoms with Crippen molar-refractivity contribution < 1.29 is 0 Å². The van der Waals surface area contributed by atoms with Gasteiger partial charge in [-0.1, -0.05) is 23.2 Å². The Morgan fingerprint density at radius 1 is 1.24 bits per heavy atom. The van der Waals surface area contributed by atoms with E-state index in [0.29, 0.717) is 5.02 Å². The zero-order valence-corrected chi connectivity index (χ0v) is 11.3. The number of hydrogen-bond donors (Lipinski definition) is 1. The Morgan fingerprint density at radius 2 is 1.94 bits per heavy atom. The van der Waals surface area contributed by atoms with Crippen LogP contribution in [0.2, 0.25) is 10.0 Å². The molecule has 0 amide bonds. The van der Waals surface area contributed by atoms with Gasteiger partial charge in [0, 0.05) is 18.1 Å². The Kier molecular flexibility index (Phi) is 4.55. The number of rotatable bonds is 3. The van der Waals surface area contributed by atoms with Gasteiger partial charge in [-0.05, 0) is 49.9 Å². The molecule has 1 fully saturated rings. The second-order valence-electron chi connectivity index (χ2n) is 4.60. The highest BCUT2D eigenvalue weighted by Gasteiger charge is 2.20. The minimum absolute atomic E-state index is 0.691. The summed E-state index contributed by atoms with van der Waals surface area (Å²) >= 11 is 12.1. The number of nitrogens with zero attached hydrogens (tertiary/aromatic N) is 1. The minimum Gasteiger partial charge on any atom is -0.370 e. The third-order valence-corrected chi connectivity index (χ3v) is 3.98. The molecule has 1 aromatic carbocycles. The van der Waals surface area contributed by atoms with E-state index in [2.05, 4.69) is 4.90 Å². The van der Waals surface area contributed by atoms with Gasteiger partial charge in [0.2, 0.25) is 0 Å². The van der Waals surface area contributed by atoms with Crippen molar-refractivity contribution in [1.82, 2.24) is 0 Å². The number of hydrogen-bond acceptors (Lipinski definition) is 2. The number of benzene rings is 1. The van der Waals surface area contributed by atoms with Gasteiger partial charge in [0.15, 0.2) is 0 Å². The van der Waals surface area contributed by atoms with Gasteiger partial charge in [0.1, 0.15) is 0 Å². The smallest absolute Gasteiger partial charge is 0.0654 e. The van der Waals surface area contributed by atoms with Crippen LogP contribution in [-0.2, 0) is 0 Å². The average molecular weight is 273 g/mol. The molecule has 1 aromatic rings. The molecule has 17 heavy (non-hydrogen) atoms. The molecule has 0 saturated carbocycles. The maximum absolute atomic E-state index is 6.21. The van der Waals surface area contributed by atoms with E-state index in [1.54, 1.807) is 0 Å². The van der Waals surface area contributed by atoms with Crippen LogP contribution >= 0.6 is 23.2 Å². The molecule has 0 bridgehead atoms. The van der Waals surface area contributed by atoms with Crippen LogP contribution in [0.1, 0.15) is 19.3 Å². The molecule has 0 aromatic heterocycles. The van der Waals surface area contributed by atoms with E-state index in [4.69, 9.17) is 28.9 Å².